The van der Waals surface area contributed by atoms with E-state index in [4.69, 9.17) is 4.74 Å². The molecule has 0 heterocycles. The number of hydrogen-bond donors (Lipinski definition) is 1. The van der Waals surface area contributed by atoms with Crippen LogP contribution in [0.25, 0.3) is 0 Å². The van der Waals surface area contributed by atoms with Gasteiger partial charge >= 0.3 is 6.03 Å². The highest BCUT2D eigenvalue weighted by molar-refractivity contribution is 9.10. The highest BCUT2D eigenvalue weighted by Gasteiger charge is 2.17. The molecular formula is C12H16BrN3O4. The van der Waals surface area contributed by atoms with Gasteiger partial charge in [-0.3, -0.25) is 10.1 Å². The second kappa shape index (κ2) is 7.20. The van der Waals surface area contributed by atoms with Crippen LogP contribution in [0, 0.1) is 17.0 Å². The van der Waals surface area contributed by atoms with Crippen molar-refractivity contribution in [2.75, 3.05) is 32.6 Å². The molecule has 1 rings (SSSR count). The lowest BCUT2D eigenvalue weighted by Gasteiger charge is -2.18. The summed E-state index contributed by atoms with van der Waals surface area (Å²) in [6.07, 6.45) is 0. The Kier molecular flexibility index (Phi) is 5.90. The third-order valence-corrected chi connectivity index (χ3v) is 3.36. The summed E-state index contributed by atoms with van der Waals surface area (Å²) in [7, 11) is 3.16. The van der Waals surface area contributed by atoms with Crippen LogP contribution in [0.1, 0.15) is 5.56 Å². The van der Waals surface area contributed by atoms with Crippen molar-refractivity contribution in [3.8, 4) is 0 Å². The summed E-state index contributed by atoms with van der Waals surface area (Å²) in [5.41, 5.74) is 0.840. The van der Waals surface area contributed by atoms with Crippen molar-refractivity contribution in [2.24, 2.45) is 0 Å². The van der Waals surface area contributed by atoms with E-state index in [0.717, 1.165) is 0 Å². The SMILES string of the molecule is COCCN(C)C(=O)Nc1cc([N+](=O)[O-])c(C)cc1Br. The fraction of sp³-hybridized carbons (Fsp3) is 0.417. The third-order valence-electron chi connectivity index (χ3n) is 2.70. The average Bonchev–Trinajstić information content (AvgIpc) is 2.38. The molecule has 0 aliphatic heterocycles. The standard InChI is InChI=1S/C12H16BrN3O4/c1-8-6-9(13)10(7-11(8)16(18)19)14-12(17)15(2)4-5-20-3/h6-7H,4-5H2,1-3H3,(H,14,17). The van der Waals surface area contributed by atoms with Gasteiger partial charge in [0.05, 0.1) is 17.2 Å². The number of benzene rings is 1. The van der Waals surface area contributed by atoms with Crippen LogP contribution in [-0.2, 0) is 4.74 Å². The van der Waals surface area contributed by atoms with Gasteiger partial charge in [-0.05, 0) is 28.9 Å². The molecule has 0 aliphatic rings. The van der Waals surface area contributed by atoms with Crippen LogP contribution < -0.4 is 5.32 Å². The van der Waals surface area contributed by atoms with Crippen molar-refractivity contribution in [1.29, 1.82) is 0 Å². The van der Waals surface area contributed by atoms with E-state index in [-0.39, 0.29) is 11.7 Å². The van der Waals surface area contributed by atoms with E-state index < -0.39 is 4.92 Å². The van der Waals surface area contributed by atoms with Crippen molar-refractivity contribution < 1.29 is 14.5 Å². The topological polar surface area (TPSA) is 84.7 Å². The minimum atomic E-state index is -0.480. The van der Waals surface area contributed by atoms with Crippen molar-refractivity contribution in [1.82, 2.24) is 4.90 Å². The fourth-order valence-corrected chi connectivity index (χ4v) is 2.05. The number of hydrogen-bond acceptors (Lipinski definition) is 4. The van der Waals surface area contributed by atoms with Crippen molar-refractivity contribution >= 4 is 33.3 Å². The van der Waals surface area contributed by atoms with Gasteiger partial charge in [-0.2, -0.15) is 0 Å². The number of nitro groups is 1. The molecule has 0 bridgehead atoms. The van der Waals surface area contributed by atoms with Gasteiger partial charge in [-0.15, -0.1) is 0 Å². The predicted octanol–water partition coefficient (Wildman–Crippen LogP) is 2.78. The number of carbonyl (C=O) groups is 1. The molecule has 0 fully saturated rings. The first kappa shape index (κ1) is 16.4. The van der Waals surface area contributed by atoms with Crippen LogP contribution in [0.2, 0.25) is 0 Å². The van der Waals surface area contributed by atoms with Crippen molar-refractivity contribution in [3.05, 3.63) is 32.3 Å². The Balaban J connectivity index is 2.89. The molecule has 20 heavy (non-hydrogen) atoms. The van der Waals surface area contributed by atoms with Crippen molar-refractivity contribution in [2.45, 2.75) is 6.92 Å². The van der Waals surface area contributed by atoms with Gasteiger partial charge in [-0.1, -0.05) is 0 Å². The summed E-state index contributed by atoms with van der Waals surface area (Å²) in [6, 6.07) is 2.57. The van der Waals surface area contributed by atoms with E-state index in [2.05, 4.69) is 21.2 Å². The Hall–Kier alpha value is -1.67. The second-order valence-corrected chi connectivity index (χ2v) is 5.07. The number of anilines is 1. The Bertz CT molecular complexity index is 522. The molecule has 0 unspecified atom stereocenters. The molecule has 7 nitrogen and oxygen atoms in total. The number of rotatable bonds is 5. The number of nitrogens with zero attached hydrogens (tertiary/aromatic N) is 2. The second-order valence-electron chi connectivity index (χ2n) is 4.22. The Morgan fingerprint density at radius 2 is 2.20 bits per heavy atom. The van der Waals surface area contributed by atoms with Gasteiger partial charge in [0.2, 0.25) is 0 Å². The molecule has 1 N–H and O–H groups in total. The van der Waals surface area contributed by atoms with Crippen LogP contribution >= 0.6 is 15.9 Å². The number of methoxy groups -OCH3 is 1. The van der Waals surface area contributed by atoms with E-state index in [1.807, 2.05) is 0 Å². The first-order valence-electron chi connectivity index (χ1n) is 5.82. The molecule has 1 aromatic carbocycles. The summed E-state index contributed by atoms with van der Waals surface area (Å²) in [4.78, 5) is 23.8. The smallest absolute Gasteiger partial charge is 0.321 e. The zero-order valence-corrected chi connectivity index (χ0v) is 13.1. The number of likely N-dealkylation sites (N-methyl/N-ethyl adjacent to an activating group) is 1. The lowest BCUT2D eigenvalue weighted by atomic mass is 10.2. The molecule has 0 saturated heterocycles. The van der Waals surface area contributed by atoms with E-state index >= 15 is 0 Å². The number of aryl methyl sites for hydroxylation is 1. The van der Waals surface area contributed by atoms with Gasteiger partial charge in [-0.25, -0.2) is 4.79 Å². The maximum atomic E-state index is 11.9. The summed E-state index contributed by atoms with van der Waals surface area (Å²) in [6.45, 7) is 2.48. The molecule has 1 aromatic rings. The Labute approximate surface area is 125 Å². The number of amides is 2. The largest absolute Gasteiger partial charge is 0.383 e. The van der Waals surface area contributed by atoms with E-state index in [1.165, 1.54) is 11.0 Å². The van der Waals surface area contributed by atoms with E-state index in [0.29, 0.717) is 28.9 Å². The Morgan fingerprint density at radius 1 is 1.55 bits per heavy atom. The zero-order chi connectivity index (χ0) is 15.3. The summed E-state index contributed by atoms with van der Waals surface area (Å²) >= 11 is 3.28. The lowest BCUT2D eigenvalue weighted by molar-refractivity contribution is -0.385. The van der Waals surface area contributed by atoms with E-state index in [9.17, 15) is 14.9 Å². The zero-order valence-electron chi connectivity index (χ0n) is 11.5. The van der Waals surface area contributed by atoms with E-state index in [1.54, 1.807) is 27.1 Å². The molecule has 8 heteroatoms. The molecule has 0 aromatic heterocycles. The molecular weight excluding hydrogens is 330 g/mol. The molecule has 2 amide bonds. The van der Waals surface area contributed by atoms with Gasteiger partial charge in [0.25, 0.3) is 5.69 Å². The number of halogens is 1. The maximum Gasteiger partial charge on any atom is 0.321 e. The fourth-order valence-electron chi connectivity index (χ4n) is 1.49. The number of urea groups is 1. The van der Waals surface area contributed by atoms with Crippen LogP contribution in [-0.4, -0.2) is 43.2 Å². The maximum absolute atomic E-state index is 11.9. The molecule has 0 atom stereocenters. The number of carbonyl (C=O) groups excluding carboxylic acids is 1. The minimum absolute atomic E-state index is 0.0388. The molecule has 0 radical (unpaired) electrons. The highest BCUT2D eigenvalue weighted by Crippen LogP contribution is 2.30. The number of nitrogens with one attached hydrogen (secondary N) is 1. The molecule has 0 spiro atoms. The predicted molar refractivity (Wildman–Crippen MR) is 79.1 cm³/mol. The quantitative estimate of drug-likeness (QED) is 0.656. The first-order valence-corrected chi connectivity index (χ1v) is 6.61. The lowest BCUT2D eigenvalue weighted by Crippen LogP contribution is -2.33. The monoisotopic (exact) mass is 345 g/mol. The van der Waals surface area contributed by atoms with Gasteiger partial charge in [0.1, 0.15) is 0 Å². The van der Waals surface area contributed by atoms with Crippen molar-refractivity contribution in [3.63, 3.8) is 0 Å². The first-order chi connectivity index (χ1) is 9.36. The van der Waals surface area contributed by atoms with Gasteiger partial charge < -0.3 is 15.0 Å². The molecule has 0 aliphatic carbocycles. The van der Waals surface area contributed by atoms with Crippen LogP contribution in [0.3, 0.4) is 0 Å². The Morgan fingerprint density at radius 3 is 2.75 bits per heavy atom. The van der Waals surface area contributed by atoms with Crippen LogP contribution in [0.5, 0.6) is 0 Å². The molecule has 0 saturated carbocycles. The van der Waals surface area contributed by atoms with Crippen LogP contribution in [0.4, 0.5) is 16.2 Å². The van der Waals surface area contributed by atoms with Gasteiger partial charge in [0.15, 0.2) is 0 Å². The van der Waals surface area contributed by atoms with Crippen LogP contribution in [0.15, 0.2) is 16.6 Å². The normalized spacial score (nSPS) is 10.2. The molecule has 110 valence electrons. The third kappa shape index (κ3) is 4.17. The summed E-state index contributed by atoms with van der Waals surface area (Å²) in [5.74, 6) is 0. The summed E-state index contributed by atoms with van der Waals surface area (Å²) < 4.78 is 5.47. The number of nitro benzene ring substituents is 1. The summed E-state index contributed by atoms with van der Waals surface area (Å²) in [5, 5.41) is 13.5. The minimum Gasteiger partial charge on any atom is -0.383 e. The highest BCUT2D eigenvalue weighted by atomic mass is 79.9. The number of ether oxygens (including phenoxy) is 1. The van der Waals surface area contributed by atoms with Gasteiger partial charge in [0, 0.05) is 36.8 Å². The average molecular weight is 346 g/mol.